The van der Waals surface area contributed by atoms with Crippen LogP contribution >= 0.6 is 0 Å². The zero-order valence-electron chi connectivity index (χ0n) is 17.9. The molecule has 0 amide bonds. The Balaban J connectivity index is 1.49. The van der Waals surface area contributed by atoms with E-state index in [1.165, 1.54) is 6.07 Å². The molecule has 30 heavy (non-hydrogen) atoms. The molecule has 0 bridgehead atoms. The summed E-state index contributed by atoms with van der Waals surface area (Å²) in [7, 11) is 1.84. The summed E-state index contributed by atoms with van der Waals surface area (Å²) in [5.74, 6) is 0.685. The zero-order valence-corrected chi connectivity index (χ0v) is 17.9. The lowest BCUT2D eigenvalue weighted by Gasteiger charge is -2.32. The number of piperidine rings is 1. The molecular formula is C24H29FN4O. The van der Waals surface area contributed by atoms with Crippen molar-refractivity contribution in [3.8, 4) is 11.1 Å². The molecule has 1 aliphatic rings. The van der Waals surface area contributed by atoms with Crippen LogP contribution in [0.3, 0.4) is 0 Å². The second-order valence-electron chi connectivity index (χ2n) is 8.87. The first-order valence-electron chi connectivity index (χ1n) is 10.7. The Morgan fingerprint density at radius 2 is 1.93 bits per heavy atom. The normalized spacial score (nSPS) is 15.9. The first-order valence-corrected chi connectivity index (χ1v) is 10.7. The fourth-order valence-corrected chi connectivity index (χ4v) is 4.37. The Morgan fingerprint density at radius 1 is 1.17 bits per heavy atom. The van der Waals surface area contributed by atoms with Gasteiger partial charge in [0.1, 0.15) is 11.6 Å². The van der Waals surface area contributed by atoms with Crippen molar-refractivity contribution >= 4 is 16.6 Å². The molecule has 3 heterocycles. The van der Waals surface area contributed by atoms with Crippen LogP contribution in [0, 0.1) is 17.7 Å². The third-order valence-electron chi connectivity index (χ3n) is 5.90. The van der Waals surface area contributed by atoms with E-state index in [1.54, 1.807) is 17.1 Å². The smallest absolute Gasteiger partial charge is 0.142 e. The number of pyridine rings is 1. The minimum atomic E-state index is -0.311. The quantitative estimate of drug-likeness (QED) is 0.612. The predicted octanol–water partition coefficient (Wildman–Crippen LogP) is 4.25. The van der Waals surface area contributed by atoms with E-state index < -0.39 is 0 Å². The number of ketones is 1. The SMILES string of the molecule is CC(C)CN1CCC(C(=O)Cc2cc3cc(-c4cnn(C)c4)cc(F)c3cn2)CC1. The van der Waals surface area contributed by atoms with E-state index in [9.17, 15) is 9.18 Å². The Bertz CT molecular complexity index is 1050. The van der Waals surface area contributed by atoms with Gasteiger partial charge < -0.3 is 4.90 Å². The van der Waals surface area contributed by atoms with Crippen molar-refractivity contribution in [1.82, 2.24) is 19.7 Å². The van der Waals surface area contributed by atoms with E-state index >= 15 is 0 Å². The number of aromatic nitrogens is 3. The molecule has 1 aliphatic heterocycles. The number of hydrogen-bond donors (Lipinski definition) is 0. The van der Waals surface area contributed by atoms with E-state index in [4.69, 9.17) is 0 Å². The first kappa shape index (κ1) is 20.7. The molecule has 5 nitrogen and oxygen atoms in total. The first-order chi connectivity index (χ1) is 14.4. The number of aryl methyl sites for hydroxylation is 1. The van der Waals surface area contributed by atoms with Gasteiger partial charge in [-0.2, -0.15) is 5.10 Å². The van der Waals surface area contributed by atoms with Gasteiger partial charge in [-0.15, -0.1) is 0 Å². The van der Waals surface area contributed by atoms with E-state index in [0.29, 0.717) is 23.4 Å². The molecule has 0 unspecified atom stereocenters. The maximum Gasteiger partial charge on any atom is 0.142 e. The van der Waals surface area contributed by atoms with Crippen molar-refractivity contribution in [2.45, 2.75) is 33.1 Å². The van der Waals surface area contributed by atoms with Gasteiger partial charge in [0.25, 0.3) is 0 Å². The van der Waals surface area contributed by atoms with Crippen LogP contribution in [0.5, 0.6) is 0 Å². The van der Waals surface area contributed by atoms with Crippen LogP contribution in [0.25, 0.3) is 21.9 Å². The van der Waals surface area contributed by atoms with E-state index in [2.05, 4.69) is 28.8 Å². The monoisotopic (exact) mass is 408 g/mol. The van der Waals surface area contributed by atoms with Gasteiger partial charge in [0.15, 0.2) is 0 Å². The molecule has 6 heteroatoms. The van der Waals surface area contributed by atoms with Gasteiger partial charge >= 0.3 is 0 Å². The number of carbonyl (C=O) groups is 1. The summed E-state index contributed by atoms with van der Waals surface area (Å²) in [6, 6.07) is 5.30. The molecule has 0 aliphatic carbocycles. The van der Waals surface area contributed by atoms with E-state index in [0.717, 1.165) is 49.0 Å². The number of halogens is 1. The molecule has 2 aromatic heterocycles. The number of fused-ring (bicyclic) bond motifs is 1. The molecular weight excluding hydrogens is 379 g/mol. The van der Waals surface area contributed by atoms with Gasteiger partial charge in [-0.1, -0.05) is 13.8 Å². The van der Waals surface area contributed by atoms with Crippen molar-refractivity contribution in [2.24, 2.45) is 18.9 Å². The van der Waals surface area contributed by atoms with Gasteiger partial charge in [0.2, 0.25) is 0 Å². The summed E-state index contributed by atoms with van der Waals surface area (Å²) in [6.45, 7) is 7.52. The van der Waals surface area contributed by atoms with Crippen LogP contribution in [0.2, 0.25) is 0 Å². The van der Waals surface area contributed by atoms with Crippen LogP contribution in [0.4, 0.5) is 4.39 Å². The largest absolute Gasteiger partial charge is 0.303 e. The van der Waals surface area contributed by atoms with E-state index in [-0.39, 0.29) is 17.5 Å². The summed E-state index contributed by atoms with van der Waals surface area (Å²) >= 11 is 0. The molecule has 4 rings (SSSR count). The molecule has 0 N–H and O–H groups in total. The molecule has 0 radical (unpaired) electrons. The maximum atomic E-state index is 14.6. The Labute approximate surface area is 176 Å². The summed E-state index contributed by atoms with van der Waals surface area (Å²) in [5, 5.41) is 5.40. The number of likely N-dealkylation sites (tertiary alicyclic amines) is 1. The minimum absolute atomic E-state index is 0.101. The third-order valence-corrected chi connectivity index (χ3v) is 5.90. The van der Waals surface area contributed by atoms with Gasteiger partial charge in [-0.05, 0) is 61.0 Å². The van der Waals surface area contributed by atoms with Crippen molar-refractivity contribution in [1.29, 1.82) is 0 Å². The fourth-order valence-electron chi connectivity index (χ4n) is 4.37. The summed E-state index contributed by atoms with van der Waals surface area (Å²) in [4.78, 5) is 19.7. The van der Waals surface area contributed by atoms with Crippen LogP contribution in [0.15, 0.2) is 36.8 Å². The average molecular weight is 409 g/mol. The highest BCUT2D eigenvalue weighted by molar-refractivity contribution is 5.89. The number of nitrogens with zero attached hydrogens (tertiary/aromatic N) is 4. The Hall–Kier alpha value is -2.60. The molecule has 158 valence electrons. The number of carbonyl (C=O) groups excluding carboxylic acids is 1. The predicted molar refractivity (Wildman–Crippen MR) is 117 cm³/mol. The molecule has 3 aromatic rings. The topological polar surface area (TPSA) is 51.0 Å². The molecule has 1 aromatic carbocycles. The van der Waals surface area contributed by atoms with Crippen molar-refractivity contribution in [3.63, 3.8) is 0 Å². The number of rotatable bonds is 6. The number of Topliss-reactive ketones (excluding diaryl/α,β-unsaturated/α-hetero) is 1. The highest BCUT2D eigenvalue weighted by Gasteiger charge is 2.25. The highest BCUT2D eigenvalue weighted by Crippen LogP contribution is 2.27. The van der Waals surface area contributed by atoms with Crippen molar-refractivity contribution in [3.05, 3.63) is 48.3 Å². The summed E-state index contributed by atoms with van der Waals surface area (Å²) in [6.07, 6.45) is 7.27. The molecule has 0 atom stereocenters. The lowest BCUT2D eigenvalue weighted by molar-refractivity contribution is -0.123. The lowest BCUT2D eigenvalue weighted by atomic mass is 9.89. The summed E-state index contributed by atoms with van der Waals surface area (Å²) in [5.41, 5.74) is 2.34. The zero-order chi connectivity index (χ0) is 21.3. The van der Waals surface area contributed by atoms with Gasteiger partial charge in [-0.25, -0.2) is 4.39 Å². The second kappa shape index (κ2) is 8.64. The second-order valence-corrected chi connectivity index (χ2v) is 8.87. The Morgan fingerprint density at radius 3 is 2.60 bits per heavy atom. The molecule has 1 saturated heterocycles. The van der Waals surface area contributed by atoms with Crippen LogP contribution in [-0.4, -0.2) is 45.1 Å². The highest BCUT2D eigenvalue weighted by atomic mass is 19.1. The minimum Gasteiger partial charge on any atom is -0.303 e. The van der Waals surface area contributed by atoms with Gasteiger partial charge in [0, 0.05) is 55.0 Å². The maximum absolute atomic E-state index is 14.6. The number of benzene rings is 1. The fraction of sp³-hybridized carbons (Fsp3) is 0.458. The average Bonchev–Trinajstić information content (AvgIpc) is 3.14. The van der Waals surface area contributed by atoms with Crippen LogP contribution in [-0.2, 0) is 18.3 Å². The van der Waals surface area contributed by atoms with Gasteiger partial charge in [0.05, 0.1) is 6.20 Å². The standard InChI is InChI=1S/C24H29FN4O/c1-16(2)14-29-6-4-17(5-7-29)24(30)11-21-9-19-8-18(20-12-27-28(3)15-20)10-23(25)22(19)13-26-21/h8-10,12-13,15-17H,4-7,11,14H2,1-3H3. The molecule has 0 spiro atoms. The van der Waals surface area contributed by atoms with E-state index in [1.807, 2.05) is 25.4 Å². The Kier molecular flexibility index (Phi) is 5.95. The van der Waals surface area contributed by atoms with Crippen LogP contribution in [0.1, 0.15) is 32.4 Å². The van der Waals surface area contributed by atoms with Crippen molar-refractivity contribution < 1.29 is 9.18 Å². The third kappa shape index (κ3) is 4.59. The van der Waals surface area contributed by atoms with Crippen molar-refractivity contribution in [2.75, 3.05) is 19.6 Å². The summed E-state index contributed by atoms with van der Waals surface area (Å²) < 4.78 is 16.3. The number of hydrogen-bond acceptors (Lipinski definition) is 4. The van der Waals surface area contributed by atoms with Gasteiger partial charge in [-0.3, -0.25) is 14.5 Å². The molecule has 0 saturated carbocycles. The van der Waals surface area contributed by atoms with Crippen LogP contribution < -0.4 is 0 Å². The molecule has 1 fully saturated rings. The lowest BCUT2D eigenvalue weighted by Crippen LogP contribution is -2.38.